The van der Waals surface area contributed by atoms with E-state index in [4.69, 9.17) is 0 Å². The van der Waals surface area contributed by atoms with E-state index in [1.165, 1.54) is 17.9 Å². The van der Waals surface area contributed by atoms with Crippen LogP contribution < -0.4 is 9.80 Å². The van der Waals surface area contributed by atoms with E-state index < -0.39 is 9.84 Å². The van der Waals surface area contributed by atoms with Crippen LogP contribution in [-0.2, 0) is 25.8 Å². The van der Waals surface area contributed by atoms with E-state index in [-0.39, 0.29) is 28.9 Å². The highest BCUT2D eigenvalue weighted by Crippen LogP contribution is 2.38. The van der Waals surface area contributed by atoms with Gasteiger partial charge in [-0.1, -0.05) is 34.1 Å². The molecule has 29 heavy (non-hydrogen) atoms. The molecule has 2 aromatic carbocycles. The van der Waals surface area contributed by atoms with Gasteiger partial charge in [-0.3, -0.25) is 9.59 Å². The summed E-state index contributed by atoms with van der Waals surface area (Å²) in [6, 6.07) is 12.5. The smallest absolute Gasteiger partial charge is 0.228 e. The number of benzene rings is 2. The van der Waals surface area contributed by atoms with Crippen LogP contribution in [0.15, 0.2) is 51.8 Å². The minimum Gasteiger partial charge on any atom is -0.313 e. The summed E-state index contributed by atoms with van der Waals surface area (Å²) in [4.78, 5) is 27.9. The molecule has 1 aliphatic heterocycles. The number of halogens is 1. The summed E-state index contributed by atoms with van der Waals surface area (Å²) in [5, 5.41) is 0. The van der Waals surface area contributed by atoms with Gasteiger partial charge in [0, 0.05) is 36.6 Å². The molecule has 154 valence electrons. The van der Waals surface area contributed by atoms with Gasteiger partial charge in [-0.2, -0.15) is 0 Å². The Morgan fingerprint density at radius 1 is 1.17 bits per heavy atom. The first kappa shape index (κ1) is 21.5. The maximum atomic E-state index is 13.1. The molecule has 0 fully saturated rings. The molecule has 0 saturated heterocycles. The molecule has 0 atom stereocenters. The van der Waals surface area contributed by atoms with Crippen LogP contribution in [0.2, 0.25) is 0 Å². The van der Waals surface area contributed by atoms with Crippen LogP contribution in [0.3, 0.4) is 0 Å². The van der Waals surface area contributed by atoms with Gasteiger partial charge >= 0.3 is 0 Å². The average molecular weight is 479 g/mol. The third-order valence-electron chi connectivity index (χ3n) is 4.98. The van der Waals surface area contributed by atoms with Crippen LogP contribution in [0, 0.1) is 0 Å². The van der Waals surface area contributed by atoms with E-state index >= 15 is 0 Å². The zero-order valence-electron chi connectivity index (χ0n) is 16.4. The number of rotatable bonds is 6. The monoisotopic (exact) mass is 478 g/mol. The number of para-hydroxylation sites is 1. The SMILES string of the molecule is CCN(C(=O)CCS(=O)(=O)c1cc(Br)cc2c1N(C(C)=O)CC2)c1ccccc1. The molecule has 0 bridgehead atoms. The van der Waals surface area contributed by atoms with Gasteiger partial charge in [0.2, 0.25) is 11.8 Å². The first-order chi connectivity index (χ1) is 13.7. The van der Waals surface area contributed by atoms with Crippen LogP contribution in [0.5, 0.6) is 0 Å². The lowest BCUT2D eigenvalue weighted by Crippen LogP contribution is -2.32. The van der Waals surface area contributed by atoms with E-state index in [2.05, 4.69) is 15.9 Å². The summed E-state index contributed by atoms with van der Waals surface area (Å²) in [6.07, 6.45) is 0.472. The number of carbonyl (C=O) groups excluding carboxylic acids is 2. The van der Waals surface area contributed by atoms with Crippen molar-refractivity contribution in [1.29, 1.82) is 0 Å². The van der Waals surface area contributed by atoms with Gasteiger partial charge in [-0.15, -0.1) is 0 Å². The van der Waals surface area contributed by atoms with Gasteiger partial charge in [-0.05, 0) is 43.2 Å². The summed E-state index contributed by atoms with van der Waals surface area (Å²) in [7, 11) is -3.76. The van der Waals surface area contributed by atoms with Crippen molar-refractivity contribution in [1.82, 2.24) is 0 Å². The fourth-order valence-electron chi connectivity index (χ4n) is 3.60. The Bertz CT molecular complexity index is 1040. The summed E-state index contributed by atoms with van der Waals surface area (Å²) in [5.41, 5.74) is 2.01. The van der Waals surface area contributed by atoms with Gasteiger partial charge in [-0.25, -0.2) is 8.42 Å². The maximum absolute atomic E-state index is 13.1. The Balaban J connectivity index is 1.86. The summed E-state index contributed by atoms with van der Waals surface area (Å²) < 4.78 is 26.9. The van der Waals surface area contributed by atoms with E-state index in [0.717, 1.165) is 11.3 Å². The lowest BCUT2D eigenvalue weighted by Gasteiger charge is -2.22. The molecule has 0 aliphatic carbocycles. The number of hydrogen-bond acceptors (Lipinski definition) is 4. The van der Waals surface area contributed by atoms with E-state index in [9.17, 15) is 18.0 Å². The second-order valence-corrected chi connectivity index (χ2v) is 9.87. The molecular weight excluding hydrogens is 456 g/mol. The van der Waals surface area contributed by atoms with Crippen molar-refractivity contribution >= 4 is 49.0 Å². The summed E-state index contributed by atoms with van der Waals surface area (Å²) in [5.74, 6) is -0.763. The first-order valence-corrected chi connectivity index (χ1v) is 11.9. The summed E-state index contributed by atoms with van der Waals surface area (Å²) >= 11 is 3.37. The van der Waals surface area contributed by atoms with Crippen LogP contribution in [0.4, 0.5) is 11.4 Å². The second-order valence-electron chi connectivity index (χ2n) is 6.87. The Morgan fingerprint density at radius 3 is 2.48 bits per heavy atom. The quantitative estimate of drug-likeness (QED) is 0.635. The van der Waals surface area contributed by atoms with Crippen LogP contribution in [0.1, 0.15) is 25.8 Å². The van der Waals surface area contributed by atoms with Crippen LogP contribution in [0.25, 0.3) is 0 Å². The van der Waals surface area contributed by atoms with E-state index in [1.807, 2.05) is 43.3 Å². The van der Waals surface area contributed by atoms with Crippen molar-refractivity contribution in [3.63, 3.8) is 0 Å². The lowest BCUT2D eigenvalue weighted by molar-refractivity contribution is -0.118. The number of sulfone groups is 1. The topological polar surface area (TPSA) is 74.8 Å². The van der Waals surface area contributed by atoms with Gasteiger partial charge in [0.25, 0.3) is 0 Å². The van der Waals surface area contributed by atoms with Crippen molar-refractivity contribution in [3.05, 3.63) is 52.5 Å². The normalized spacial score (nSPS) is 13.3. The third kappa shape index (κ3) is 4.53. The number of anilines is 2. The number of fused-ring (bicyclic) bond motifs is 1. The Kier molecular flexibility index (Phi) is 6.43. The van der Waals surface area contributed by atoms with Crippen molar-refractivity contribution in [2.24, 2.45) is 0 Å². The molecule has 0 spiro atoms. The number of amides is 2. The molecule has 1 aliphatic rings. The highest BCUT2D eigenvalue weighted by atomic mass is 79.9. The zero-order valence-corrected chi connectivity index (χ0v) is 18.8. The second kappa shape index (κ2) is 8.67. The minimum absolute atomic E-state index is 0.102. The number of nitrogens with zero attached hydrogens (tertiary/aromatic N) is 2. The standard InChI is InChI=1S/C21H23BrN2O4S/c1-3-23(18-7-5-4-6-8-18)20(26)10-12-29(27,28)19-14-17(22)13-16-9-11-24(15(2)25)21(16)19/h4-8,13-14H,3,9-12H2,1-2H3. The Labute approximate surface area is 179 Å². The largest absolute Gasteiger partial charge is 0.313 e. The fourth-order valence-corrected chi connectivity index (χ4v) is 5.76. The van der Waals surface area contributed by atoms with E-state index in [1.54, 1.807) is 4.90 Å². The highest BCUT2D eigenvalue weighted by Gasteiger charge is 2.31. The van der Waals surface area contributed by atoms with Crippen molar-refractivity contribution in [2.45, 2.75) is 31.6 Å². The highest BCUT2D eigenvalue weighted by molar-refractivity contribution is 9.10. The van der Waals surface area contributed by atoms with Crippen molar-refractivity contribution < 1.29 is 18.0 Å². The van der Waals surface area contributed by atoms with Crippen LogP contribution in [-0.4, -0.2) is 39.1 Å². The van der Waals surface area contributed by atoms with Gasteiger partial charge in [0.05, 0.1) is 16.3 Å². The Hall–Kier alpha value is -2.19. The molecule has 0 saturated carbocycles. The minimum atomic E-state index is -3.76. The van der Waals surface area contributed by atoms with Gasteiger partial charge in [0.1, 0.15) is 0 Å². The zero-order chi connectivity index (χ0) is 21.2. The predicted octanol–water partition coefficient (Wildman–Crippen LogP) is 3.58. The molecule has 8 heteroatoms. The lowest BCUT2D eigenvalue weighted by atomic mass is 10.2. The molecule has 0 unspecified atom stereocenters. The van der Waals surface area contributed by atoms with Gasteiger partial charge < -0.3 is 9.80 Å². The molecule has 3 rings (SSSR count). The molecule has 0 radical (unpaired) electrons. The molecule has 2 amide bonds. The molecule has 1 heterocycles. The molecule has 0 aromatic heterocycles. The number of carbonyl (C=O) groups is 2. The maximum Gasteiger partial charge on any atom is 0.228 e. The number of hydrogen-bond donors (Lipinski definition) is 0. The van der Waals surface area contributed by atoms with Crippen molar-refractivity contribution in [2.75, 3.05) is 28.6 Å². The average Bonchev–Trinajstić information content (AvgIpc) is 3.11. The van der Waals surface area contributed by atoms with Crippen LogP contribution >= 0.6 is 15.9 Å². The predicted molar refractivity (Wildman–Crippen MR) is 117 cm³/mol. The molecule has 2 aromatic rings. The Morgan fingerprint density at radius 2 is 1.86 bits per heavy atom. The van der Waals surface area contributed by atoms with Crippen molar-refractivity contribution in [3.8, 4) is 0 Å². The third-order valence-corrected chi connectivity index (χ3v) is 7.16. The summed E-state index contributed by atoms with van der Waals surface area (Å²) in [6.45, 7) is 4.19. The first-order valence-electron chi connectivity index (χ1n) is 9.43. The van der Waals surface area contributed by atoms with Gasteiger partial charge in [0.15, 0.2) is 9.84 Å². The molecule has 6 nitrogen and oxygen atoms in total. The van der Waals surface area contributed by atoms with E-state index in [0.29, 0.717) is 29.7 Å². The fraction of sp³-hybridized carbons (Fsp3) is 0.333. The molecule has 0 N–H and O–H groups in total. The molecular formula is C21H23BrN2O4S.